The van der Waals surface area contributed by atoms with Crippen LogP contribution < -0.4 is 18.9 Å². The van der Waals surface area contributed by atoms with Crippen molar-refractivity contribution in [3.8, 4) is 0 Å². The Morgan fingerprint density at radius 1 is 1.25 bits per heavy atom. The van der Waals surface area contributed by atoms with Gasteiger partial charge in [-0.15, -0.1) is 0 Å². The van der Waals surface area contributed by atoms with Crippen LogP contribution in [0.4, 0.5) is 0 Å². The van der Waals surface area contributed by atoms with Gasteiger partial charge in [0, 0.05) is 28.3 Å². The van der Waals surface area contributed by atoms with Crippen LogP contribution in [-0.4, -0.2) is 66.1 Å². The summed E-state index contributed by atoms with van der Waals surface area (Å²) in [6, 6.07) is 0. The first-order valence-electron chi connectivity index (χ1n) is 0. The van der Waals surface area contributed by atoms with E-state index in [1.165, 1.54) is 0 Å². The first-order chi connectivity index (χ1) is 0. The van der Waals surface area contributed by atoms with E-state index in [1.54, 1.807) is 0 Å². The van der Waals surface area contributed by atoms with Crippen LogP contribution >= 0.6 is 0 Å². The molecule has 0 saturated heterocycles. The fraction of sp³-hybridized carbons (Fsp3) is 0. The van der Waals surface area contributed by atoms with Gasteiger partial charge in [0.25, 0.3) is 0 Å². The summed E-state index contributed by atoms with van der Waals surface area (Å²) >= 11 is 0. The molecule has 13 valence electrons. The molecule has 0 saturated carbocycles. The van der Waals surface area contributed by atoms with Crippen molar-refractivity contribution in [2.24, 2.45) is 0 Å². The van der Waals surface area contributed by atoms with E-state index in [1.807, 2.05) is 0 Å². The molecule has 0 aromatic heterocycles. The molecule has 0 aliphatic carbocycles. The van der Waals surface area contributed by atoms with E-state index < -0.39 is 0 Å². The minimum absolute atomic E-state index is 0. The van der Waals surface area contributed by atoms with Crippen LogP contribution in [0.1, 0.15) is 4.28 Å². The third-order valence-electron chi connectivity index (χ3n) is 0. The Morgan fingerprint density at radius 3 is 1.25 bits per heavy atom. The molecule has 0 aromatic carbocycles. The predicted octanol–water partition coefficient (Wildman–Crippen LogP) is -3.80. The molecule has 0 unspecified atom stereocenters. The van der Waals surface area contributed by atoms with Gasteiger partial charge in [0.1, 0.15) is 0 Å². The smallest absolute Gasteiger partial charge is 1.00 e. The Bertz CT molecular complexity index is 14.9. The average molecular weight is 105 g/mol. The van der Waals surface area contributed by atoms with Gasteiger partial charge < -0.3 is 4.28 Å². The van der Waals surface area contributed by atoms with Crippen molar-refractivity contribution in [3.05, 3.63) is 0 Å². The van der Waals surface area contributed by atoms with E-state index in [0.717, 1.165) is 0 Å². The molecule has 4 heteroatoms. The zero-order chi connectivity index (χ0) is 0. The van der Waals surface area contributed by atoms with Crippen molar-refractivity contribution in [1.29, 1.82) is 0 Å². The van der Waals surface area contributed by atoms with Gasteiger partial charge in [-0.25, -0.2) is 0 Å². The molecule has 0 bridgehead atoms. The molecular formula is H3AlCaLiSi. The Balaban J connectivity index is 0. The van der Waals surface area contributed by atoms with Crippen molar-refractivity contribution in [2.45, 2.75) is 0 Å². The van der Waals surface area contributed by atoms with Crippen LogP contribution in [0.3, 0.4) is 0 Å². The Labute approximate surface area is 87.9 Å². The van der Waals surface area contributed by atoms with Gasteiger partial charge in [0.05, 0.1) is 0 Å². The van der Waals surface area contributed by atoms with E-state index in [-0.39, 0.29) is 89.2 Å². The fourth-order valence-corrected chi connectivity index (χ4v) is 0. The van der Waals surface area contributed by atoms with Crippen LogP contribution in [0.15, 0.2) is 0 Å². The molecule has 7 radical (unpaired) electrons. The second-order valence-corrected chi connectivity index (χ2v) is 0. The maximum atomic E-state index is 0. The van der Waals surface area contributed by atoms with Crippen molar-refractivity contribution < 1.29 is 23.1 Å². The predicted molar refractivity (Wildman–Crippen MR) is 20.6 cm³/mol. The zero-order valence-electron chi connectivity index (χ0n) is 5.78. The molecular weight excluding hydrogens is 102 g/mol. The van der Waals surface area contributed by atoms with Crippen molar-refractivity contribution >= 4 is 66.1 Å². The van der Waals surface area contributed by atoms with Gasteiger partial charge in [0.15, 0.2) is 0 Å². The number of hydrogen-bond acceptors (Lipinski definition) is 0. The van der Waals surface area contributed by atoms with Crippen molar-refractivity contribution in [3.63, 3.8) is 0 Å². The largest absolute Gasteiger partial charge is 2.00 e. The van der Waals surface area contributed by atoms with Crippen molar-refractivity contribution in [1.82, 2.24) is 0 Å². The summed E-state index contributed by atoms with van der Waals surface area (Å²) in [5, 5.41) is 0. The average Bonchev–Trinajstić information content (AvgIpc) is 0. The normalized spacial score (nSPS) is 0. The molecule has 0 aliphatic heterocycles. The minimum Gasteiger partial charge on any atom is -1.00 e. The Morgan fingerprint density at radius 2 is 1.25 bits per heavy atom. The van der Waals surface area contributed by atoms with E-state index in [4.69, 9.17) is 0 Å². The quantitative estimate of drug-likeness (QED) is 0.277. The van der Waals surface area contributed by atoms with Gasteiger partial charge in [-0.1, -0.05) is 0 Å². The second-order valence-electron chi connectivity index (χ2n) is 0. The molecule has 0 aromatic rings. The summed E-state index contributed by atoms with van der Waals surface area (Å²) in [6.07, 6.45) is 0. The monoisotopic (exact) mass is 105 g/mol. The molecule has 0 N–H and O–H groups in total. The SMILES string of the molecule is [Al].[Ca+2].[H-].[H-].[H-].[Li+].[Si]. The summed E-state index contributed by atoms with van der Waals surface area (Å²) in [4.78, 5) is 0. The van der Waals surface area contributed by atoms with Crippen LogP contribution in [0.5, 0.6) is 0 Å². The van der Waals surface area contributed by atoms with E-state index >= 15 is 0 Å². The molecule has 0 rings (SSSR count). The first kappa shape index (κ1) is 30.6. The molecule has 0 aliphatic rings. The summed E-state index contributed by atoms with van der Waals surface area (Å²) in [5.74, 6) is 0. The maximum absolute atomic E-state index is 0. The molecule has 0 amide bonds. The zero-order valence-corrected chi connectivity index (χ0v) is 7.15. The number of rotatable bonds is 0. The second kappa shape index (κ2) is 17.5. The van der Waals surface area contributed by atoms with Gasteiger partial charge >= 0.3 is 56.6 Å². The fourth-order valence-electron chi connectivity index (χ4n) is 0. The summed E-state index contributed by atoms with van der Waals surface area (Å²) in [5.41, 5.74) is 0. The third-order valence-corrected chi connectivity index (χ3v) is 0. The van der Waals surface area contributed by atoms with Gasteiger partial charge in [-0.2, -0.15) is 0 Å². The van der Waals surface area contributed by atoms with Crippen LogP contribution in [-0.2, 0) is 0 Å². The molecule has 4 heavy (non-hydrogen) atoms. The maximum Gasteiger partial charge on any atom is 2.00 e. The van der Waals surface area contributed by atoms with Crippen LogP contribution in [0, 0.1) is 0 Å². The first-order valence-corrected chi connectivity index (χ1v) is 0. The Hall–Kier alpha value is 2.61. The van der Waals surface area contributed by atoms with Crippen LogP contribution in [0.25, 0.3) is 0 Å². The molecule has 0 heterocycles. The summed E-state index contributed by atoms with van der Waals surface area (Å²) < 4.78 is 0. The van der Waals surface area contributed by atoms with Crippen LogP contribution in [0.2, 0.25) is 0 Å². The van der Waals surface area contributed by atoms with E-state index in [2.05, 4.69) is 0 Å². The van der Waals surface area contributed by atoms with E-state index in [0.29, 0.717) is 0 Å². The van der Waals surface area contributed by atoms with Gasteiger partial charge in [-0.05, 0) is 0 Å². The summed E-state index contributed by atoms with van der Waals surface area (Å²) in [6.45, 7) is 0. The van der Waals surface area contributed by atoms with E-state index in [9.17, 15) is 0 Å². The summed E-state index contributed by atoms with van der Waals surface area (Å²) in [7, 11) is 0. The van der Waals surface area contributed by atoms with Gasteiger partial charge in [-0.3, -0.25) is 0 Å². The molecule has 0 spiro atoms. The van der Waals surface area contributed by atoms with Crippen molar-refractivity contribution in [2.75, 3.05) is 0 Å². The molecule has 0 nitrogen and oxygen atoms in total. The third kappa shape index (κ3) is 8.82. The number of hydrogen-bond donors (Lipinski definition) is 0. The molecule has 0 fully saturated rings. The Kier molecular flexibility index (Phi) is 134. The minimum atomic E-state index is 0. The standard InChI is InChI=1S/Al.Ca.Li.Si.3H/q;+2;+1;;3*-1. The molecule has 0 atom stereocenters. The van der Waals surface area contributed by atoms with Gasteiger partial charge in [0.2, 0.25) is 0 Å². The topological polar surface area (TPSA) is 0 Å².